The van der Waals surface area contributed by atoms with Crippen LogP contribution in [0.2, 0.25) is 5.02 Å². The molecular weight excluding hydrogens is 455 g/mol. The molecule has 1 N–H and O–H groups in total. The summed E-state index contributed by atoms with van der Waals surface area (Å²) in [5, 5.41) is 3.16. The number of ether oxygens (including phenoxy) is 1. The van der Waals surface area contributed by atoms with Crippen LogP contribution in [-0.4, -0.2) is 27.1 Å². The average molecular weight is 477 g/mol. The monoisotopic (exact) mass is 476 g/mol. The molecule has 3 rings (SSSR count). The van der Waals surface area contributed by atoms with Crippen LogP contribution in [0.25, 0.3) is 0 Å². The first kappa shape index (κ1) is 23.6. The normalized spacial score (nSPS) is 11.1. The van der Waals surface area contributed by atoms with Gasteiger partial charge in [0, 0.05) is 18.0 Å². The van der Waals surface area contributed by atoms with Crippen molar-refractivity contribution >= 4 is 38.9 Å². The molecule has 0 saturated carbocycles. The number of amides is 1. The van der Waals surface area contributed by atoms with Crippen LogP contribution >= 0.6 is 11.6 Å². The molecule has 168 valence electrons. The fourth-order valence-electron chi connectivity index (χ4n) is 3.02. The summed E-state index contributed by atoms with van der Waals surface area (Å²) in [6, 6.07) is 19.5. The lowest BCUT2D eigenvalue weighted by atomic mass is 10.2. The molecule has 0 atom stereocenters. The standard InChI is InChI=1S/C23H22ClFN2O4S/c1-32(29,30)27(21-11-6-5-10-19(21)25)15-7-12-23(28)26-20-16-17(24)13-14-22(20)31-18-8-3-2-4-9-18/h2-6,8-11,13-14,16H,7,12,15H2,1H3,(H,26,28). The van der Waals surface area contributed by atoms with E-state index in [0.29, 0.717) is 22.2 Å². The summed E-state index contributed by atoms with van der Waals surface area (Å²) in [7, 11) is -3.72. The second kappa shape index (κ2) is 10.5. The van der Waals surface area contributed by atoms with Crippen molar-refractivity contribution in [2.24, 2.45) is 0 Å². The van der Waals surface area contributed by atoms with Gasteiger partial charge in [0.05, 0.1) is 17.6 Å². The maximum atomic E-state index is 14.1. The first-order valence-electron chi connectivity index (χ1n) is 9.78. The number of nitrogens with one attached hydrogen (secondary N) is 1. The SMILES string of the molecule is CS(=O)(=O)N(CCCC(=O)Nc1cc(Cl)ccc1Oc1ccccc1)c1ccccc1F. The van der Waals surface area contributed by atoms with Crippen LogP contribution in [0, 0.1) is 5.82 Å². The summed E-state index contributed by atoms with van der Waals surface area (Å²) in [4.78, 5) is 12.5. The Labute approximate surface area is 191 Å². The molecule has 0 aromatic heterocycles. The predicted molar refractivity (Wildman–Crippen MR) is 124 cm³/mol. The highest BCUT2D eigenvalue weighted by atomic mass is 35.5. The second-order valence-electron chi connectivity index (χ2n) is 6.99. The molecule has 0 bridgehead atoms. The molecule has 0 aliphatic rings. The van der Waals surface area contributed by atoms with Crippen LogP contribution in [0.3, 0.4) is 0 Å². The molecular formula is C23H22ClFN2O4S. The van der Waals surface area contributed by atoms with E-state index in [1.807, 2.05) is 18.2 Å². The average Bonchev–Trinajstić information content (AvgIpc) is 2.74. The van der Waals surface area contributed by atoms with Gasteiger partial charge in [-0.1, -0.05) is 41.9 Å². The summed E-state index contributed by atoms with van der Waals surface area (Å²) in [5.41, 5.74) is 0.337. The van der Waals surface area contributed by atoms with Crippen LogP contribution in [0.1, 0.15) is 12.8 Å². The van der Waals surface area contributed by atoms with E-state index in [4.69, 9.17) is 16.3 Å². The fourth-order valence-corrected chi connectivity index (χ4v) is 4.16. The van der Waals surface area contributed by atoms with Crippen molar-refractivity contribution in [2.45, 2.75) is 12.8 Å². The second-order valence-corrected chi connectivity index (χ2v) is 9.34. The van der Waals surface area contributed by atoms with Crippen LogP contribution < -0.4 is 14.4 Å². The molecule has 6 nitrogen and oxygen atoms in total. The Morgan fingerprint density at radius 2 is 1.75 bits per heavy atom. The number of benzene rings is 3. The number of anilines is 2. The number of carbonyl (C=O) groups is 1. The number of nitrogens with zero attached hydrogens (tertiary/aromatic N) is 1. The third-order valence-corrected chi connectivity index (χ3v) is 5.89. The quantitative estimate of drug-likeness (QED) is 0.445. The van der Waals surface area contributed by atoms with Crippen molar-refractivity contribution < 1.29 is 22.3 Å². The Kier molecular flexibility index (Phi) is 7.71. The Bertz CT molecular complexity index is 1190. The van der Waals surface area contributed by atoms with Crippen LogP contribution in [0.15, 0.2) is 72.8 Å². The highest BCUT2D eigenvalue weighted by molar-refractivity contribution is 7.92. The van der Waals surface area contributed by atoms with E-state index in [1.165, 1.54) is 18.2 Å². The van der Waals surface area contributed by atoms with Crippen molar-refractivity contribution in [2.75, 3.05) is 22.4 Å². The van der Waals surface area contributed by atoms with Crippen molar-refractivity contribution in [3.05, 3.63) is 83.6 Å². The molecule has 0 aliphatic heterocycles. The van der Waals surface area contributed by atoms with Gasteiger partial charge < -0.3 is 10.1 Å². The number of hydrogen-bond donors (Lipinski definition) is 1. The summed E-state index contributed by atoms with van der Waals surface area (Å²) in [6.45, 7) is -0.0455. The number of halogens is 2. The summed E-state index contributed by atoms with van der Waals surface area (Å²) in [5.74, 6) is 0.00763. The van der Waals surface area contributed by atoms with Crippen molar-refractivity contribution in [1.82, 2.24) is 0 Å². The van der Waals surface area contributed by atoms with Crippen molar-refractivity contribution in [3.63, 3.8) is 0 Å². The maximum Gasteiger partial charge on any atom is 0.232 e. The van der Waals surface area contributed by atoms with E-state index >= 15 is 0 Å². The van der Waals surface area contributed by atoms with E-state index in [9.17, 15) is 17.6 Å². The molecule has 1 amide bonds. The van der Waals surface area contributed by atoms with Gasteiger partial charge >= 0.3 is 0 Å². The van der Waals surface area contributed by atoms with Crippen LogP contribution in [-0.2, 0) is 14.8 Å². The largest absolute Gasteiger partial charge is 0.455 e. The van der Waals surface area contributed by atoms with Crippen molar-refractivity contribution in [1.29, 1.82) is 0 Å². The van der Waals surface area contributed by atoms with Gasteiger partial charge in [-0.05, 0) is 48.9 Å². The highest BCUT2D eigenvalue weighted by Crippen LogP contribution is 2.32. The Morgan fingerprint density at radius 3 is 2.44 bits per heavy atom. The fraction of sp³-hybridized carbons (Fsp3) is 0.174. The van der Waals surface area contributed by atoms with Gasteiger partial charge in [-0.15, -0.1) is 0 Å². The lowest BCUT2D eigenvalue weighted by molar-refractivity contribution is -0.116. The number of hydrogen-bond acceptors (Lipinski definition) is 4. The molecule has 0 unspecified atom stereocenters. The van der Waals surface area contributed by atoms with E-state index in [-0.39, 0.29) is 31.0 Å². The first-order chi connectivity index (χ1) is 15.2. The summed E-state index contributed by atoms with van der Waals surface area (Å²) < 4.78 is 45.1. The van der Waals surface area contributed by atoms with E-state index in [2.05, 4.69) is 5.32 Å². The molecule has 32 heavy (non-hydrogen) atoms. The summed E-state index contributed by atoms with van der Waals surface area (Å²) >= 11 is 6.07. The zero-order valence-corrected chi connectivity index (χ0v) is 18.9. The zero-order chi connectivity index (χ0) is 23.1. The minimum Gasteiger partial charge on any atom is -0.455 e. The predicted octanol–water partition coefficient (Wildman–Crippen LogP) is 5.46. The highest BCUT2D eigenvalue weighted by Gasteiger charge is 2.20. The molecule has 0 aliphatic carbocycles. The van der Waals surface area contributed by atoms with Gasteiger partial charge in [0.25, 0.3) is 0 Å². The minimum absolute atomic E-state index is 0.0117. The molecule has 3 aromatic carbocycles. The molecule has 0 fully saturated rings. The third kappa shape index (κ3) is 6.45. The smallest absolute Gasteiger partial charge is 0.232 e. The Morgan fingerprint density at radius 1 is 1.06 bits per heavy atom. The lowest BCUT2D eigenvalue weighted by Crippen LogP contribution is -2.32. The van der Waals surface area contributed by atoms with Crippen LogP contribution in [0.5, 0.6) is 11.5 Å². The third-order valence-electron chi connectivity index (χ3n) is 4.47. The van der Waals surface area contributed by atoms with Gasteiger partial charge in [-0.3, -0.25) is 9.10 Å². The van der Waals surface area contributed by atoms with Crippen molar-refractivity contribution in [3.8, 4) is 11.5 Å². The number of rotatable bonds is 9. The zero-order valence-electron chi connectivity index (χ0n) is 17.3. The first-order valence-corrected chi connectivity index (χ1v) is 12.0. The Hall–Kier alpha value is -3.10. The van der Waals surface area contributed by atoms with E-state index < -0.39 is 15.8 Å². The van der Waals surface area contributed by atoms with Gasteiger partial charge in [-0.25, -0.2) is 12.8 Å². The molecule has 9 heteroatoms. The van der Waals surface area contributed by atoms with Gasteiger partial charge in [0.2, 0.25) is 15.9 Å². The van der Waals surface area contributed by atoms with Gasteiger partial charge in [-0.2, -0.15) is 0 Å². The molecule has 0 radical (unpaired) electrons. The van der Waals surface area contributed by atoms with Gasteiger partial charge in [0.15, 0.2) is 5.75 Å². The van der Waals surface area contributed by atoms with Gasteiger partial charge in [0.1, 0.15) is 11.6 Å². The number of sulfonamides is 1. The molecule has 0 heterocycles. The van der Waals surface area contributed by atoms with E-state index in [1.54, 1.807) is 36.4 Å². The molecule has 0 spiro atoms. The number of para-hydroxylation sites is 2. The lowest BCUT2D eigenvalue weighted by Gasteiger charge is -2.22. The number of carbonyl (C=O) groups excluding carboxylic acids is 1. The topological polar surface area (TPSA) is 75.7 Å². The summed E-state index contributed by atoms with van der Waals surface area (Å²) in [6.07, 6.45) is 1.19. The van der Waals surface area contributed by atoms with Crippen LogP contribution in [0.4, 0.5) is 15.8 Å². The molecule has 0 saturated heterocycles. The van der Waals surface area contributed by atoms with E-state index in [0.717, 1.165) is 10.6 Å². The Balaban J connectivity index is 1.66. The minimum atomic E-state index is -3.72. The maximum absolute atomic E-state index is 14.1. The molecule has 3 aromatic rings.